The highest BCUT2D eigenvalue weighted by atomic mass is 15.3. The molecule has 0 bridgehead atoms. The van der Waals surface area contributed by atoms with Crippen molar-refractivity contribution in [2.75, 3.05) is 5.73 Å². The van der Waals surface area contributed by atoms with Crippen LogP contribution in [0.5, 0.6) is 0 Å². The molecule has 0 atom stereocenters. The molecule has 3 heteroatoms. The summed E-state index contributed by atoms with van der Waals surface area (Å²) in [4.78, 5) is 0. The summed E-state index contributed by atoms with van der Waals surface area (Å²) in [7, 11) is 0. The van der Waals surface area contributed by atoms with E-state index >= 15 is 0 Å². The molecule has 1 aromatic heterocycles. The Morgan fingerprint density at radius 3 is 2.33 bits per heavy atom. The fourth-order valence-corrected chi connectivity index (χ4v) is 1.05. The zero-order valence-corrected chi connectivity index (χ0v) is 8.26. The Morgan fingerprint density at radius 1 is 1.50 bits per heavy atom. The van der Waals surface area contributed by atoms with E-state index in [4.69, 9.17) is 5.73 Å². The van der Waals surface area contributed by atoms with Crippen molar-refractivity contribution in [3.63, 3.8) is 0 Å². The summed E-state index contributed by atoms with van der Waals surface area (Å²) < 4.78 is 1.82. The van der Waals surface area contributed by atoms with Crippen LogP contribution in [0.25, 0.3) is 0 Å². The van der Waals surface area contributed by atoms with E-state index in [1.807, 2.05) is 17.7 Å². The van der Waals surface area contributed by atoms with Crippen LogP contribution in [0.3, 0.4) is 0 Å². The molecule has 68 valence electrons. The monoisotopic (exact) mass is 167 g/mol. The normalized spacial score (nSPS) is 12.0. The maximum atomic E-state index is 5.75. The summed E-state index contributed by atoms with van der Waals surface area (Å²) >= 11 is 0. The fraction of sp³-hybridized carbons (Fsp3) is 0.667. The van der Waals surface area contributed by atoms with Gasteiger partial charge in [-0.05, 0) is 6.92 Å². The van der Waals surface area contributed by atoms with Gasteiger partial charge in [0.1, 0.15) is 5.82 Å². The Balaban J connectivity index is 3.05. The molecule has 1 heterocycles. The van der Waals surface area contributed by atoms with E-state index in [-0.39, 0.29) is 5.41 Å². The standard InChI is InChI=1S/C9H17N3/c1-5-12-8(10)6-7(11-12)9(2,3)4/h6H,5,10H2,1-4H3. The van der Waals surface area contributed by atoms with Crippen LogP contribution in [0.15, 0.2) is 6.07 Å². The van der Waals surface area contributed by atoms with Crippen LogP contribution in [-0.4, -0.2) is 9.78 Å². The number of nitrogens with two attached hydrogens (primary N) is 1. The summed E-state index contributed by atoms with van der Waals surface area (Å²) in [6, 6.07) is 1.95. The van der Waals surface area contributed by atoms with Gasteiger partial charge < -0.3 is 5.73 Å². The highest BCUT2D eigenvalue weighted by Crippen LogP contribution is 2.22. The van der Waals surface area contributed by atoms with Crippen LogP contribution >= 0.6 is 0 Å². The van der Waals surface area contributed by atoms with Gasteiger partial charge in [-0.1, -0.05) is 20.8 Å². The molecule has 0 aromatic carbocycles. The summed E-state index contributed by atoms with van der Waals surface area (Å²) in [6.45, 7) is 9.27. The quantitative estimate of drug-likeness (QED) is 0.693. The summed E-state index contributed by atoms with van der Waals surface area (Å²) in [6.07, 6.45) is 0. The van der Waals surface area contributed by atoms with E-state index in [9.17, 15) is 0 Å². The lowest BCUT2D eigenvalue weighted by molar-refractivity contribution is 0.542. The predicted molar refractivity (Wildman–Crippen MR) is 51.0 cm³/mol. The lowest BCUT2D eigenvalue weighted by Gasteiger charge is -2.13. The smallest absolute Gasteiger partial charge is 0.121 e. The Morgan fingerprint density at radius 2 is 2.08 bits per heavy atom. The van der Waals surface area contributed by atoms with Crippen molar-refractivity contribution in [1.82, 2.24) is 9.78 Å². The van der Waals surface area contributed by atoms with Gasteiger partial charge in [0.25, 0.3) is 0 Å². The van der Waals surface area contributed by atoms with E-state index in [1.165, 1.54) is 0 Å². The largest absolute Gasteiger partial charge is 0.384 e. The molecule has 0 fully saturated rings. The summed E-state index contributed by atoms with van der Waals surface area (Å²) in [5.41, 5.74) is 6.90. The number of anilines is 1. The molecule has 0 unspecified atom stereocenters. The third kappa shape index (κ3) is 1.60. The molecule has 0 saturated heterocycles. The number of rotatable bonds is 1. The molecule has 1 rings (SSSR count). The first-order chi connectivity index (χ1) is 5.45. The third-order valence-electron chi connectivity index (χ3n) is 1.88. The van der Waals surface area contributed by atoms with Crippen molar-refractivity contribution >= 4 is 5.82 Å². The van der Waals surface area contributed by atoms with Gasteiger partial charge in [0, 0.05) is 18.0 Å². The SMILES string of the molecule is CCn1nc(C(C)(C)C)cc1N. The lowest BCUT2D eigenvalue weighted by Crippen LogP contribution is -2.12. The number of aryl methyl sites for hydroxylation is 1. The average molecular weight is 167 g/mol. The molecule has 0 aliphatic rings. The highest BCUT2D eigenvalue weighted by Gasteiger charge is 2.18. The minimum absolute atomic E-state index is 0.0918. The first-order valence-corrected chi connectivity index (χ1v) is 4.29. The van der Waals surface area contributed by atoms with Gasteiger partial charge in [-0.15, -0.1) is 0 Å². The van der Waals surface area contributed by atoms with Gasteiger partial charge in [-0.3, -0.25) is 4.68 Å². The molecule has 3 nitrogen and oxygen atoms in total. The van der Waals surface area contributed by atoms with Gasteiger partial charge in [0.15, 0.2) is 0 Å². The molecular formula is C9H17N3. The minimum Gasteiger partial charge on any atom is -0.384 e. The van der Waals surface area contributed by atoms with Crippen LogP contribution in [0.2, 0.25) is 0 Å². The molecule has 2 N–H and O–H groups in total. The van der Waals surface area contributed by atoms with Crippen LogP contribution in [-0.2, 0) is 12.0 Å². The van der Waals surface area contributed by atoms with Crippen molar-refractivity contribution in [2.24, 2.45) is 0 Å². The van der Waals surface area contributed by atoms with Crippen molar-refractivity contribution < 1.29 is 0 Å². The van der Waals surface area contributed by atoms with Crippen LogP contribution in [0, 0.1) is 0 Å². The number of hydrogen-bond acceptors (Lipinski definition) is 2. The first-order valence-electron chi connectivity index (χ1n) is 4.29. The van der Waals surface area contributed by atoms with Crippen molar-refractivity contribution in [3.8, 4) is 0 Å². The topological polar surface area (TPSA) is 43.8 Å². The zero-order valence-electron chi connectivity index (χ0n) is 8.26. The molecule has 12 heavy (non-hydrogen) atoms. The number of nitrogens with zero attached hydrogens (tertiary/aromatic N) is 2. The molecule has 0 saturated carbocycles. The van der Waals surface area contributed by atoms with E-state index < -0.39 is 0 Å². The van der Waals surface area contributed by atoms with Gasteiger partial charge >= 0.3 is 0 Å². The highest BCUT2D eigenvalue weighted by molar-refractivity contribution is 5.33. The molecule has 0 aliphatic carbocycles. The number of aromatic nitrogens is 2. The summed E-state index contributed by atoms with van der Waals surface area (Å²) in [5.74, 6) is 0.752. The maximum Gasteiger partial charge on any atom is 0.121 e. The lowest BCUT2D eigenvalue weighted by atomic mass is 9.92. The zero-order chi connectivity index (χ0) is 9.35. The van der Waals surface area contributed by atoms with Crippen molar-refractivity contribution in [3.05, 3.63) is 11.8 Å². The van der Waals surface area contributed by atoms with E-state index in [0.29, 0.717) is 0 Å². The van der Waals surface area contributed by atoms with Crippen molar-refractivity contribution in [2.45, 2.75) is 39.7 Å². The van der Waals surface area contributed by atoms with Crippen molar-refractivity contribution in [1.29, 1.82) is 0 Å². The van der Waals surface area contributed by atoms with E-state index in [0.717, 1.165) is 18.1 Å². The Bertz CT molecular complexity index is 268. The minimum atomic E-state index is 0.0918. The molecule has 0 spiro atoms. The van der Waals surface area contributed by atoms with Crippen LogP contribution < -0.4 is 5.73 Å². The van der Waals surface area contributed by atoms with Crippen LogP contribution in [0.1, 0.15) is 33.4 Å². The van der Waals surface area contributed by atoms with Gasteiger partial charge in [-0.2, -0.15) is 5.10 Å². The average Bonchev–Trinajstić information content (AvgIpc) is 2.29. The fourth-order valence-electron chi connectivity index (χ4n) is 1.05. The van der Waals surface area contributed by atoms with Gasteiger partial charge in [0.05, 0.1) is 5.69 Å². The van der Waals surface area contributed by atoms with Crippen LogP contribution in [0.4, 0.5) is 5.82 Å². The Hall–Kier alpha value is -0.990. The molecule has 0 amide bonds. The molecule has 1 aromatic rings. The Labute approximate surface area is 73.6 Å². The summed E-state index contributed by atoms with van der Waals surface area (Å²) in [5, 5.41) is 4.39. The second-order valence-corrected chi connectivity index (χ2v) is 4.02. The van der Waals surface area contributed by atoms with Gasteiger partial charge in [0.2, 0.25) is 0 Å². The molecule has 0 radical (unpaired) electrons. The van der Waals surface area contributed by atoms with E-state index in [2.05, 4.69) is 25.9 Å². The van der Waals surface area contributed by atoms with E-state index in [1.54, 1.807) is 0 Å². The van der Waals surface area contributed by atoms with Gasteiger partial charge in [-0.25, -0.2) is 0 Å². The second-order valence-electron chi connectivity index (χ2n) is 4.02. The molecular weight excluding hydrogens is 150 g/mol. The maximum absolute atomic E-state index is 5.75. The Kier molecular flexibility index (Phi) is 2.13. The molecule has 0 aliphatic heterocycles. The predicted octanol–water partition coefficient (Wildman–Crippen LogP) is 1.78. The number of hydrogen-bond donors (Lipinski definition) is 1. The number of nitrogen functional groups attached to an aromatic ring is 1. The third-order valence-corrected chi connectivity index (χ3v) is 1.88. The first kappa shape index (κ1) is 9.10. The second kappa shape index (κ2) is 2.81.